The van der Waals surface area contributed by atoms with Crippen LogP contribution in [0.4, 0.5) is 0 Å². The van der Waals surface area contributed by atoms with Crippen molar-refractivity contribution < 1.29 is 4.21 Å². The van der Waals surface area contributed by atoms with Crippen LogP contribution in [-0.4, -0.2) is 14.8 Å². The van der Waals surface area contributed by atoms with Gasteiger partial charge in [0, 0.05) is 57.0 Å². The van der Waals surface area contributed by atoms with Gasteiger partial charge in [-0.05, 0) is 54.8 Å². The fraction of sp³-hybridized carbons (Fsp3) is 0.300. The van der Waals surface area contributed by atoms with E-state index in [0.29, 0.717) is 17.1 Å². The van der Waals surface area contributed by atoms with Crippen molar-refractivity contribution in [3.8, 4) is 0 Å². The van der Waals surface area contributed by atoms with E-state index >= 15 is 0 Å². The van der Waals surface area contributed by atoms with Crippen LogP contribution in [0, 0.1) is 0 Å². The summed E-state index contributed by atoms with van der Waals surface area (Å²) in [5.74, 6) is 0. The van der Waals surface area contributed by atoms with E-state index in [1.807, 2.05) is 18.2 Å². The van der Waals surface area contributed by atoms with Crippen molar-refractivity contribution in [2.24, 2.45) is 7.05 Å². The smallest absolute Gasteiger partial charge is 0.0850 e. The van der Waals surface area contributed by atoms with Crippen LogP contribution in [0.3, 0.4) is 0 Å². The molecular weight excluding hydrogens is 352 g/mol. The molecule has 3 heterocycles. The number of nitrogens with one attached hydrogen (secondary N) is 1. The van der Waals surface area contributed by atoms with Gasteiger partial charge in [0.1, 0.15) is 0 Å². The number of nitrogens with zero attached hydrogens (tertiary/aromatic N) is 1. The van der Waals surface area contributed by atoms with Gasteiger partial charge in [0.05, 0.1) is 10.8 Å². The molecule has 1 N–H and O–H groups in total. The SMILES string of the molecule is Cn1c2c(c3cc(S(=O)c4cccc(Cl)c4)ccc31)C1CCC(C2)N1. The molecule has 0 spiro atoms. The second-order valence-electron chi connectivity index (χ2n) is 7.02. The number of hydrogen-bond donors (Lipinski definition) is 1. The van der Waals surface area contributed by atoms with Gasteiger partial charge in [-0.25, -0.2) is 4.21 Å². The zero-order valence-corrected chi connectivity index (χ0v) is 15.5. The molecule has 25 heavy (non-hydrogen) atoms. The summed E-state index contributed by atoms with van der Waals surface area (Å²) in [5.41, 5.74) is 4.08. The van der Waals surface area contributed by atoms with Crippen LogP contribution in [-0.2, 0) is 24.3 Å². The molecule has 1 saturated heterocycles. The quantitative estimate of drug-likeness (QED) is 0.727. The van der Waals surface area contributed by atoms with E-state index < -0.39 is 10.8 Å². The van der Waals surface area contributed by atoms with Gasteiger partial charge in [0.2, 0.25) is 0 Å². The molecule has 128 valence electrons. The van der Waals surface area contributed by atoms with Gasteiger partial charge in [-0.3, -0.25) is 0 Å². The maximum atomic E-state index is 13.0. The lowest BCUT2D eigenvalue weighted by molar-refractivity contribution is 0.503. The Kier molecular flexibility index (Phi) is 3.56. The van der Waals surface area contributed by atoms with Gasteiger partial charge >= 0.3 is 0 Å². The summed E-state index contributed by atoms with van der Waals surface area (Å²) in [5, 5.41) is 5.59. The molecule has 0 radical (unpaired) electrons. The van der Waals surface area contributed by atoms with Gasteiger partial charge < -0.3 is 9.88 Å². The van der Waals surface area contributed by atoms with Crippen molar-refractivity contribution >= 4 is 33.3 Å². The zero-order valence-electron chi connectivity index (χ0n) is 14.0. The molecule has 5 heteroatoms. The van der Waals surface area contributed by atoms with Crippen molar-refractivity contribution in [3.05, 3.63) is 58.7 Å². The molecule has 3 unspecified atom stereocenters. The van der Waals surface area contributed by atoms with Crippen LogP contribution in [0.15, 0.2) is 52.3 Å². The zero-order chi connectivity index (χ0) is 17.1. The van der Waals surface area contributed by atoms with Crippen LogP contribution < -0.4 is 5.32 Å². The minimum Gasteiger partial charge on any atom is -0.347 e. The summed E-state index contributed by atoms with van der Waals surface area (Å²) in [6.45, 7) is 0. The maximum absolute atomic E-state index is 13.0. The number of aryl methyl sites for hydroxylation is 1. The molecule has 2 aromatic carbocycles. The molecule has 2 aliphatic rings. The minimum atomic E-state index is -1.22. The molecule has 0 amide bonds. The molecule has 0 aliphatic carbocycles. The molecule has 3 nitrogen and oxygen atoms in total. The van der Waals surface area contributed by atoms with Crippen molar-refractivity contribution in [2.75, 3.05) is 0 Å². The van der Waals surface area contributed by atoms with E-state index in [1.54, 1.807) is 12.1 Å². The van der Waals surface area contributed by atoms with Crippen LogP contribution in [0.1, 0.15) is 30.1 Å². The highest BCUT2D eigenvalue weighted by Gasteiger charge is 2.35. The maximum Gasteiger partial charge on any atom is 0.0850 e. The van der Waals surface area contributed by atoms with Crippen LogP contribution >= 0.6 is 11.6 Å². The van der Waals surface area contributed by atoms with Crippen LogP contribution in [0.5, 0.6) is 0 Å². The lowest BCUT2D eigenvalue weighted by Crippen LogP contribution is -2.32. The molecule has 2 bridgehead atoms. The average Bonchev–Trinajstić information content (AvgIpc) is 3.13. The predicted molar refractivity (Wildman–Crippen MR) is 102 cm³/mol. The average molecular weight is 371 g/mol. The summed E-state index contributed by atoms with van der Waals surface area (Å²) >= 11 is 6.07. The van der Waals surface area contributed by atoms with Crippen molar-refractivity contribution in [1.82, 2.24) is 9.88 Å². The largest absolute Gasteiger partial charge is 0.347 e. The highest BCUT2D eigenvalue weighted by molar-refractivity contribution is 7.85. The Hall–Kier alpha value is -1.62. The highest BCUT2D eigenvalue weighted by Crippen LogP contribution is 2.42. The molecule has 3 atom stereocenters. The number of fused-ring (bicyclic) bond motifs is 6. The summed E-state index contributed by atoms with van der Waals surface area (Å²) in [6, 6.07) is 14.6. The number of halogens is 1. The Morgan fingerprint density at radius 1 is 1.16 bits per heavy atom. The summed E-state index contributed by atoms with van der Waals surface area (Å²) < 4.78 is 15.3. The number of aromatic nitrogens is 1. The van der Waals surface area contributed by atoms with Crippen LogP contribution in [0.2, 0.25) is 5.02 Å². The van der Waals surface area contributed by atoms with Gasteiger partial charge in [-0.1, -0.05) is 17.7 Å². The third kappa shape index (κ3) is 2.39. The Morgan fingerprint density at radius 2 is 2.00 bits per heavy atom. The molecule has 1 fully saturated rings. The molecular formula is C20H19ClN2OS. The van der Waals surface area contributed by atoms with Crippen LogP contribution in [0.25, 0.3) is 10.9 Å². The summed E-state index contributed by atoms with van der Waals surface area (Å²) in [4.78, 5) is 1.58. The van der Waals surface area contributed by atoms with Gasteiger partial charge in [0.25, 0.3) is 0 Å². The Bertz CT molecular complexity index is 1030. The van der Waals surface area contributed by atoms with E-state index in [1.165, 1.54) is 35.0 Å². The fourth-order valence-corrected chi connectivity index (χ4v) is 5.80. The second kappa shape index (κ2) is 5.70. The summed E-state index contributed by atoms with van der Waals surface area (Å²) in [7, 11) is 0.931. The Balaban J connectivity index is 1.66. The third-order valence-electron chi connectivity index (χ3n) is 5.59. The lowest BCUT2D eigenvalue weighted by atomic mass is 9.99. The molecule has 5 rings (SSSR count). The minimum absolute atomic E-state index is 0.437. The monoisotopic (exact) mass is 370 g/mol. The molecule has 1 aromatic heterocycles. The summed E-state index contributed by atoms with van der Waals surface area (Å²) in [6.07, 6.45) is 3.52. The molecule has 3 aromatic rings. The first kappa shape index (κ1) is 15.6. The van der Waals surface area contributed by atoms with Crippen molar-refractivity contribution in [1.29, 1.82) is 0 Å². The van der Waals surface area contributed by atoms with Gasteiger partial charge in [0.15, 0.2) is 0 Å². The van der Waals surface area contributed by atoms with Crippen molar-refractivity contribution in [3.63, 3.8) is 0 Å². The molecule has 0 saturated carbocycles. The topological polar surface area (TPSA) is 34.0 Å². The standard InChI is InChI=1S/C20H19ClN2OS/c1-23-18-8-6-15(25(24)14-4-2-3-12(21)9-14)11-16(18)20-17-7-5-13(22-17)10-19(20)23/h2-4,6,8-9,11,13,17,22H,5,7,10H2,1H3. The number of hydrogen-bond acceptors (Lipinski definition) is 2. The Morgan fingerprint density at radius 3 is 2.84 bits per heavy atom. The first-order valence-electron chi connectivity index (χ1n) is 8.66. The van der Waals surface area contributed by atoms with E-state index in [-0.39, 0.29) is 0 Å². The van der Waals surface area contributed by atoms with E-state index in [9.17, 15) is 4.21 Å². The lowest BCUT2D eigenvalue weighted by Gasteiger charge is -2.23. The first-order valence-corrected chi connectivity index (χ1v) is 10.2. The Labute approximate surface area is 154 Å². The number of benzene rings is 2. The van der Waals surface area contributed by atoms with Gasteiger partial charge in [-0.15, -0.1) is 0 Å². The second-order valence-corrected chi connectivity index (χ2v) is 8.94. The highest BCUT2D eigenvalue weighted by atomic mass is 35.5. The third-order valence-corrected chi connectivity index (χ3v) is 7.19. The normalized spacial score (nSPS) is 23.0. The predicted octanol–water partition coefficient (Wildman–Crippen LogP) is 4.35. The first-order chi connectivity index (χ1) is 12.1. The molecule has 2 aliphatic heterocycles. The van der Waals surface area contributed by atoms with E-state index in [0.717, 1.165) is 16.2 Å². The van der Waals surface area contributed by atoms with Crippen molar-refractivity contribution in [2.45, 2.75) is 41.1 Å². The van der Waals surface area contributed by atoms with E-state index in [2.05, 4.69) is 29.1 Å². The fourth-order valence-electron chi connectivity index (χ4n) is 4.42. The van der Waals surface area contributed by atoms with E-state index in [4.69, 9.17) is 11.6 Å². The number of rotatable bonds is 2. The van der Waals surface area contributed by atoms with Gasteiger partial charge in [-0.2, -0.15) is 0 Å².